The van der Waals surface area contributed by atoms with E-state index >= 15 is 0 Å². The van der Waals surface area contributed by atoms with Gasteiger partial charge in [-0.1, -0.05) is 13.2 Å². The average Bonchev–Trinajstić information content (AvgIpc) is 2.43. The van der Waals surface area contributed by atoms with Crippen LogP contribution in [-0.4, -0.2) is 25.2 Å². The van der Waals surface area contributed by atoms with Crippen molar-refractivity contribution in [2.45, 2.75) is 26.7 Å². The van der Waals surface area contributed by atoms with Gasteiger partial charge in [0.2, 0.25) is 0 Å². The first-order chi connectivity index (χ1) is 9.95. The summed E-state index contributed by atoms with van der Waals surface area (Å²) >= 11 is 0. The molecule has 0 aromatic heterocycles. The van der Waals surface area contributed by atoms with E-state index in [1.807, 2.05) is 0 Å². The van der Waals surface area contributed by atoms with E-state index in [-0.39, 0.29) is 13.2 Å². The summed E-state index contributed by atoms with van der Waals surface area (Å²) in [6.07, 6.45) is 7.57. The predicted octanol–water partition coefficient (Wildman–Crippen LogP) is 3.05. The third-order valence-electron chi connectivity index (χ3n) is 2.08. The Morgan fingerprint density at radius 1 is 0.857 bits per heavy atom. The molecule has 0 aliphatic carbocycles. The molecule has 21 heavy (non-hydrogen) atoms. The highest BCUT2D eigenvalue weighted by molar-refractivity contribution is 5.87. The van der Waals surface area contributed by atoms with Gasteiger partial charge in [-0.15, -0.1) is 0 Å². The standard InChI is InChI=1S/C16H22O5/c1-13(2)15(17)20-11-7-5-9-19-10-6-8-12-21-16(18)14(3)4/h5-6,9-10H,1,3,7-8,11-12H2,2,4H3. The Balaban J connectivity index is 3.53. The monoisotopic (exact) mass is 294 g/mol. The maximum absolute atomic E-state index is 11.0. The van der Waals surface area contributed by atoms with Crippen molar-refractivity contribution in [3.8, 4) is 0 Å². The molecule has 0 aromatic carbocycles. The van der Waals surface area contributed by atoms with Crippen molar-refractivity contribution in [2.75, 3.05) is 13.2 Å². The zero-order chi connectivity index (χ0) is 16.1. The number of hydrogen-bond donors (Lipinski definition) is 0. The summed E-state index contributed by atoms with van der Waals surface area (Å²) in [6.45, 7) is 10.7. The van der Waals surface area contributed by atoms with Gasteiger partial charge in [-0.25, -0.2) is 9.59 Å². The molecule has 0 saturated heterocycles. The zero-order valence-electron chi connectivity index (χ0n) is 12.6. The molecular formula is C16H22O5. The van der Waals surface area contributed by atoms with Crippen LogP contribution in [0.5, 0.6) is 0 Å². The van der Waals surface area contributed by atoms with Gasteiger partial charge in [0.05, 0.1) is 25.7 Å². The third-order valence-corrected chi connectivity index (χ3v) is 2.08. The first-order valence-electron chi connectivity index (χ1n) is 6.56. The topological polar surface area (TPSA) is 61.8 Å². The Hall–Kier alpha value is -2.30. The van der Waals surface area contributed by atoms with Crippen molar-refractivity contribution in [3.63, 3.8) is 0 Å². The van der Waals surface area contributed by atoms with E-state index < -0.39 is 11.9 Å². The molecule has 0 radical (unpaired) electrons. The molecule has 0 aliphatic heterocycles. The quantitative estimate of drug-likeness (QED) is 0.268. The van der Waals surface area contributed by atoms with Gasteiger partial charge in [-0.3, -0.25) is 0 Å². The molecule has 5 heteroatoms. The van der Waals surface area contributed by atoms with E-state index in [9.17, 15) is 9.59 Å². The number of rotatable bonds is 10. The van der Waals surface area contributed by atoms with Gasteiger partial charge in [-0.2, -0.15) is 0 Å². The molecule has 0 heterocycles. The molecule has 0 aliphatic rings. The van der Waals surface area contributed by atoms with E-state index in [1.165, 1.54) is 12.5 Å². The molecule has 0 fully saturated rings. The lowest BCUT2D eigenvalue weighted by Gasteiger charge is -2.01. The third kappa shape index (κ3) is 11.2. The van der Waals surface area contributed by atoms with Crippen LogP contribution in [0.1, 0.15) is 26.7 Å². The highest BCUT2D eigenvalue weighted by Gasteiger charge is 2.01. The summed E-state index contributed by atoms with van der Waals surface area (Å²) in [5, 5.41) is 0. The maximum atomic E-state index is 11.0. The first kappa shape index (κ1) is 18.7. The maximum Gasteiger partial charge on any atom is 0.333 e. The summed E-state index contributed by atoms with van der Waals surface area (Å²) in [5.41, 5.74) is 0.760. The molecule has 0 spiro atoms. The van der Waals surface area contributed by atoms with Gasteiger partial charge in [0, 0.05) is 24.0 Å². The van der Waals surface area contributed by atoms with E-state index in [0.29, 0.717) is 24.0 Å². The molecule has 5 nitrogen and oxygen atoms in total. The van der Waals surface area contributed by atoms with Crippen LogP contribution in [-0.2, 0) is 23.8 Å². The van der Waals surface area contributed by atoms with Crippen LogP contribution in [0.3, 0.4) is 0 Å². The minimum atomic E-state index is -0.395. The van der Waals surface area contributed by atoms with Gasteiger partial charge in [0.25, 0.3) is 0 Å². The number of esters is 2. The van der Waals surface area contributed by atoms with Crippen LogP contribution in [0.4, 0.5) is 0 Å². The molecule has 0 unspecified atom stereocenters. The minimum absolute atomic E-state index is 0.284. The van der Waals surface area contributed by atoms with Crippen LogP contribution >= 0.6 is 0 Å². The number of ether oxygens (including phenoxy) is 3. The largest absolute Gasteiger partial charge is 0.473 e. The molecule has 116 valence electrons. The van der Waals surface area contributed by atoms with E-state index in [4.69, 9.17) is 14.2 Å². The van der Waals surface area contributed by atoms with Crippen molar-refractivity contribution < 1.29 is 23.8 Å². The van der Waals surface area contributed by atoms with E-state index in [0.717, 1.165) is 0 Å². The van der Waals surface area contributed by atoms with Crippen molar-refractivity contribution in [1.82, 2.24) is 0 Å². The molecule has 0 N–H and O–H groups in total. The van der Waals surface area contributed by atoms with Gasteiger partial charge < -0.3 is 14.2 Å². The summed E-state index contributed by atoms with van der Waals surface area (Å²) in [6, 6.07) is 0. The summed E-state index contributed by atoms with van der Waals surface area (Å²) in [5.74, 6) is -0.790. The molecule has 0 saturated carbocycles. The fraction of sp³-hybridized carbons (Fsp3) is 0.375. The fourth-order valence-electron chi connectivity index (χ4n) is 0.978. The number of hydrogen-bond acceptors (Lipinski definition) is 5. The van der Waals surface area contributed by atoms with Gasteiger partial charge in [0.1, 0.15) is 0 Å². The second-order valence-corrected chi connectivity index (χ2v) is 4.29. The smallest absolute Gasteiger partial charge is 0.333 e. The summed E-state index contributed by atoms with van der Waals surface area (Å²) in [7, 11) is 0. The number of carbonyl (C=O) groups excluding carboxylic acids is 2. The molecule has 0 bridgehead atoms. The molecule has 0 rings (SSSR count). The van der Waals surface area contributed by atoms with Crippen molar-refractivity contribution in [3.05, 3.63) is 49.0 Å². The predicted molar refractivity (Wildman–Crippen MR) is 80.1 cm³/mol. The van der Waals surface area contributed by atoms with Gasteiger partial charge in [-0.05, 0) is 26.0 Å². The summed E-state index contributed by atoms with van der Waals surface area (Å²) < 4.78 is 14.8. The molecular weight excluding hydrogens is 272 g/mol. The second kappa shape index (κ2) is 11.5. The fourth-order valence-corrected chi connectivity index (χ4v) is 0.978. The number of carbonyl (C=O) groups is 2. The minimum Gasteiger partial charge on any atom is -0.473 e. The van der Waals surface area contributed by atoms with Gasteiger partial charge in [0.15, 0.2) is 0 Å². The Morgan fingerprint density at radius 2 is 1.24 bits per heavy atom. The lowest BCUT2D eigenvalue weighted by Crippen LogP contribution is -2.05. The normalized spacial score (nSPS) is 10.6. The molecule has 0 amide bonds. The van der Waals surface area contributed by atoms with Gasteiger partial charge >= 0.3 is 11.9 Å². The second-order valence-electron chi connectivity index (χ2n) is 4.29. The molecule has 0 atom stereocenters. The highest BCUT2D eigenvalue weighted by atomic mass is 16.5. The Kier molecular flexibility index (Phi) is 10.3. The van der Waals surface area contributed by atoms with Crippen molar-refractivity contribution >= 4 is 11.9 Å². The van der Waals surface area contributed by atoms with Crippen LogP contribution in [0.15, 0.2) is 49.0 Å². The Labute approximate surface area is 125 Å². The van der Waals surface area contributed by atoms with Crippen molar-refractivity contribution in [2.24, 2.45) is 0 Å². The van der Waals surface area contributed by atoms with E-state index in [1.54, 1.807) is 26.0 Å². The van der Waals surface area contributed by atoms with E-state index in [2.05, 4.69) is 13.2 Å². The van der Waals surface area contributed by atoms with Crippen LogP contribution in [0.25, 0.3) is 0 Å². The van der Waals surface area contributed by atoms with Crippen molar-refractivity contribution in [1.29, 1.82) is 0 Å². The lowest BCUT2D eigenvalue weighted by atomic mass is 10.3. The Bertz CT molecular complexity index is 392. The molecule has 0 aromatic rings. The zero-order valence-corrected chi connectivity index (χ0v) is 12.6. The first-order valence-corrected chi connectivity index (χ1v) is 6.56. The highest BCUT2D eigenvalue weighted by Crippen LogP contribution is 1.96. The Morgan fingerprint density at radius 3 is 1.57 bits per heavy atom. The lowest BCUT2D eigenvalue weighted by molar-refractivity contribution is -0.139. The summed E-state index contributed by atoms with van der Waals surface area (Å²) in [4.78, 5) is 22.1. The van der Waals surface area contributed by atoms with Crippen LogP contribution in [0, 0.1) is 0 Å². The van der Waals surface area contributed by atoms with Crippen LogP contribution < -0.4 is 0 Å². The van der Waals surface area contributed by atoms with Crippen LogP contribution in [0.2, 0.25) is 0 Å². The average molecular weight is 294 g/mol. The SMILES string of the molecule is C=C(C)C(=O)OCCC=COC=CCCOC(=O)C(=C)C.